The normalized spacial score (nSPS) is 12.8. The standard InChI is InChI=1S/C23H23NO2Se/c1-23(17-24-20-13-7-3-8-14-20,18-27-21-15-9-4-10-16-21)26-22(25)19-11-5-2-6-12-19/h2-16,24H,17-18H2,1H3. The SMILES string of the molecule is CC(CNc1ccccc1)(C[Se]c1ccccc1)OC(=O)c1ccccc1. The number of esters is 1. The number of nitrogens with one attached hydrogen (secondary N) is 1. The van der Waals surface area contributed by atoms with Crippen LogP contribution in [0.2, 0.25) is 5.32 Å². The summed E-state index contributed by atoms with van der Waals surface area (Å²) in [5.41, 5.74) is 1.00. The Balaban J connectivity index is 1.71. The summed E-state index contributed by atoms with van der Waals surface area (Å²) in [6, 6.07) is 29.5. The molecular formula is C23H23NO2Se. The van der Waals surface area contributed by atoms with Crippen LogP contribution in [0.15, 0.2) is 91.0 Å². The number of para-hydroxylation sites is 1. The van der Waals surface area contributed by atoms with Gasteiger partial charge in [0.05, 0.1) is 0 Å². The van der Waals surface area contributed by atoms with Gasteiger partial charge < -0.3 is 0 Å². The number of carbonyl (C=O) groups excluding carboxylic acids is 1. The topological polar surface area (TPSA) is 38.3 Å². The fourth-order valence-electron chi connectivity index (χ4n) is 2.57. The van der Waals surface area contributed by atoms with Crippen LogP contribution in [0.4, 0.5) is 5.69 Å². The third-order valence-electron chi connectivity index (χ3n) is 4.08. The van der Waals surface area contributed by atoms with E-state index in [2.05, 4.69) is 17.4 Å². The van der Waals surface area contributed by atoms with Gasteiger partial charge in [-0.2, -0.15) is 0 Å². The van der Waals surface area contributed by atoms with E-state index in [4.69, 9.17) is 4.74 Å². The van der Waals surface area contributed by atoms with Crippen LogP contribution in [0, 0.1) is 0 Å². The number of hydrogen-bond donors (Lipinski definition) is 1. The summed E-state index contributed by atoms with van der Waals surface area (Å²) in [5, 5.41) is 4.21. The number of anilines is 1. The number of benzene rings is 3. The fourth-order valence-corrected chi connectivity index (χ4v) is 4.63. The Hall–Kier alpha value is -2.55. The Morgan fingerprint density at radius 3 is 2.07 bits per heavy atom. The van der Waals surface area contributed by atoms with Crippen LogP contribution in [0.3, 0.4) is 0 Å². The molecule has 3 rings (SSSR count). The molecule has 0 aliphatic carbocycles. The molecule has 1 N–H and O–H groups in total. The van der Waals surface area contributed by atoms with Crippen molar-refractivity contribution in [3.05, 3.63) is 96.6 Å². The van der Waals surface area contributed by atoms with E-state index in [1.165, 1.54) is 4.46 Å². The van der Waals surface area contributed by atoms with Crippen molar-refractivity contribution in [2.45, 2.75) is 17.8 Å². The maximum absolute atomic E-state index is 12.6. The van der Waals surface area contributed by atoms with Crippen LogP contribution in [0.25, 0.3) is 0 Å². The predicted octanol–water partition coefficient (Wildman–Crippen LogP) is 4.16. The molecule has 3 aromatic rings. The molecule has 0 aromatic heterocycles. The van der Waals surface area contributed by atoms with Gasteiger partial charge in [-0.25, -0.2) is 0 Å². The number of ether oxygens (including phenoxy) is 1. The average Bonchev–Trinajstić information content (AvgIpc) is 2.73. The van der Waals surface area contributed by atoms with E-state index in [9.17, 15) is 4.79 Å². The van der Waals surface area contributed by atoms with Gasteiger partial charge in [-0.15, -0.1) is 0 Å². The van der Waals surface area contributed by atoms with Crippen molar-refractivity contribution < 1.29 is 9.53 Å². The van der Waals surface area contributed by atoms with E-state index in [-0.39, 0.29) is 20.9 Å². The van der Waals surface area contributed by atoms with E-state index in [0.29, 0.717) is 12.1 Å². The summed E-state index contributed by atoms with van der Waals surface area (Å²) in [7, 11) is 0. The van der Waals surface area contributed by atoms with Crippen molar-refractivity contribution >= 4 is 31.1 Å². The van der Waals surface area contributed by atoms with Crippen molar-refractivity contribution in [2.24, 2.45) is 0 Å². The number of hydrogen-bond acceptors (Lipinski definition) is 3. The summed E-state index contributed by atoms with van der Waals surface area (Å²) in [4.78, 5) is 12.6. The predicted molar refractivity (Wildman–Crippen MR) is 112 cm³/mol. The van der Waals surface area contributed by atoms with Gasteiger partial charge in [0, 0.05) is 0 Å². The molecule has 0 aliphatic heterocycles. The second kappa shape index (κ2) is 9.40. The Morgan fingerprint density at radius 2 is 1.44 bits per heavy atom. The van der Waals surface area contributed by atoms with Crippen LogP contribution >= 0.6 is 0 Å². The van der Waals surface area contributed by atoms with Gasteiger partial charge in [0.1, 0.15) is 0 Å². The molecule has 0 amide bonds. The van der Waals surface area contributed by atoms with Gasteiger partial charge in [0.25, 0.3) is 0 Å². The molecule has 138 valence electrons. The molecule has 1 atom stereocenters. The molecule has 0 bridgehead atoms. The maximum atomic E-state index is 12.6. The Kier molecular flexibility index (Phi) is 6.69. The van der Waals surface area contributed by atoms with E-state index in [1.54, 1.807) is 12.1 Å². The molecule has 0 fully saturated rings. The summed E-state index contributed by atoms with van der Waals surface area (Å²) in [5.74, 6) is -0.281. The summed E-state index contributed by atoms with van der Waals surface area (Å²) < 4.78 is 7.28. The zero-order chi connectivity index (χ0) is 19.0. The third kappa shape index (κ3) is 5.99. The Morgan fingerprint density at radius 1 is 0.889 bits per heavy atom. The monoisotopic (exact) mass is 425 g/mol. The van der Waals surface area contributed by atoms with E-state index in [1.807, 2.05) is 73.7 Å². The quantitative estimate of drug-likeness (QED) is 0.436. The van der Waals surface area contributed by atoms with Gasteiger partial charge in [-0.3, -0.25) is 0 Å². The van der Waals surface area contributed by atoms with Gasteiger partial charge in [0.2, 0.25) is 0 Å². The molecule has 3 aromatic carbocycles. The molecule has 1 unspecified atom stereocenters. The number of carbonyl (C=O) groups is 1. The first-order chi connectivity index (χ1) is 13.1. The van der Waals surface area contributed by atoms with Crippen molar-refractivity contribution in [3.63, 3.8) is 0 Å². The zero-order valence-electron chi connectivity index (χ0n) is 15.3. The first-order valence-electron chi connectivity index (χ1n) is 8.90. The molecular weight excluding hydrogens is 401 g/mol. The van der Waals surface area contributed by atoms with Crippen molar-refractivity contribution in [3.8, 4) is 0 Å². The number of rotatable bonds is 8. The van der Waals surface area contributed by atoms with E-state index in [0.717, 1.165) is 11.0 Å². The molecule has 0 spiro atoms. The van der Waals surface area contributed by atoms with Gasteiger partial charge in [-0.1, -0.05) is 0 Å². The van der Waals surface area contributed by atoms with E-state index >= 15 is 0 Å². The van der Waals surface area contributed by atoms with Crippen LogP contribution in [-0.2, 0) is 4.74 Å². The molecule has 0 aliphatic rings. The van der Waals surface area contributed by atoms with Crippen molar-refractivity contribution in [2.75, 3.05) is 11.9 Å². The molecule has 4 heteroatoms. The summed E-state index contributed by atoms with van der Waals surface area (Å²) in [6.07, 6.45) is 0. The summed E-state index contributed by atoms with van der Waals surface area (Å²) >= 11 is 0.214. The third-order valence-corrected chi connectivity index (χ3v) is 6.93. The van der Waals surface area contributed by atoms with Gasteiger partial charge in [-0.05, 0) is 0 Å². The first kappa shape index (κ1) is 19.2. The van der Waals surface area contributed by atoms with Crippen LogP contribution in [0.1, 0.15) is 17.3 Å². The average molecular weight is 424 g/mol. The second-order valence-corrected chi connectivity index (χ2v) is 8.73. The van der Waals surface area contributed by atoms with Crippen LogP contribution in [0.5, 0.6) is 0 Å². The van der Waals surface area contributed by atoms with Crippen molar-refractivity contribution in [1.29, 1.82) is 0 Å². The Labute approximate surface area is 166 Å². The van der Waals surface area contributed by atoms with Gasteiger partial charge >= 0.3 is 167 Å². The molecule has 0 heterocycles. The van der Waals surface area contributed by atoms with Gasteiger partial charge in [0.15, 0.2) is 0 Å². The zero-order valence-corrected chi connectivity index (χ0v) is 17.0. The minimum atomic E-state index is -0.599. The second-order valence-electron chi connectivity index (χ2n) is 6.53. The molecule has 0 saturated heterocycles. The van der Waals surface area contributed by atoms with Crippen molar-refractivity contribution in [1.82, 2.24) is 0 Å². The first-order valence-corrected chi connectivity index (χ1v) is 11.0. The fraction of sp³-hybridized carbons (Fsp3) is 0.174. The molecule has 0 radical (unpaired) electrons. The Bertz CT molecular complexity index is 795. The summed E-state index contributed by atoms with van der Waals surface area (Å²) in [6.45, 7) is 2.57. The van der Waals surface area contributed by atoms with Crippen LogP contribution in [-0.4, -0.2) is 33.1 Å². The van der Waals surface area contributed by atoms with Crippen LogP contribution < -0.4 is 9.78 Å². The molecule has 3 nitrogen and oxygen atoms in total. The minimum absolute atomic E-state index is 0.214. The molecule has 27 heavy (non-hydrogen) atoms. The van der Waals surface area contributed by atoms with E-state index < -0.39 is 5.60 Å². The molecule has 0 saturated carbocycles.